The van der Waals surface area contributed by atoms with Crippen LogP contribution in [0.3, 0.4) is 0 Å². The topological polar surface area (TPSA) is 90.0 Å². The molecule has 0 saturated carbocycles. The van der Waals surface area contributed by atoms with Gasteiger partial charge in [0.1, 0.15) is 6.54 Å². The summed E-state index contributed by atoms with van der Waals surface area (Å²) in [6, 6.07) is -0.190. The molecule has 7 nitrogen and oxygen atoms in total. The Kier molecular flexibility index (Phi) is 5.79. The highest BCUT2D eigenvalue weighted by Crippen LogP contribution is 2.18. The van der Waals surface area contributed by atoms with E-state index in [1.807, 2.05) is 13.8 Å². The first-order valence-corrected chi connectivity index (χ1v) is 6.83. The van der Waals surface area contributed by atoms with Crippen molar-refractivity contribution in [3.63, 3.8) is 0 Å². The Morgan fingerprint density at radius 2 is 1.85 bits per heavy atom. The van der Waals surface area contributed by atoms with Gasteiger partial charge in [-0.15, -0.1) is 0 Å². The first-order valence-electron chi connectivity index (χ1n) is 6.83. The molecular formula is C13H23N3O4. The molecule has 1 aliphatic rings. The second kappa shape index (κ2) is 7.12. The third kappa shape index (κ3) is 4.71. The van der Waals surface area contributed by atoms with Gasteiger partial charge in [-0.3, -0.25) is 9.59 Å². The van der Waals surface area contributed by atoms with Crippen molar-refractivity contribution in [1.82, 2.24) is 15.1 Å². The Hall–Kier alpha value is -1.79. The summed E-state index contributed by atoms with van der Waals surface area (Å²) in [5.41, 5.74) is 0. The van der Waals surface area contributed by atoms with E-state index in [1.165, 1.54) is 4.90 Å². The number of carboxylic acid groups (broad SMARTS) is 1. The number of nitrogens with zero attached hydrogens (tertiary/aromatic N) is 2. The number of nitrogens with one attached hydrogen (secondary N) is 1. The van der Waals surface area contributed by atoms with Gasteiger partial charge in [-0.1, -0.05) is 0 Å². The molecule has 0 unspecified atom stereocenters. The lowest BCUT2D eigenvalue weighted by molar-refractivity contribution is -0.143. The van der Waals surface area contributed by atoms with E-state index in [1.54, 1.807) is 11.9 Å². The summed E-state index contributed by atoms with van der Waals surface area (Å²) in [7, 11) is 1.57. The smallest absolute Gasteiger partial charge is 0.320 e. The number of carbonyl (C=O) groups is 3. The fraction of sp³-hybridized carbons (Fsp3) is 0.769. The van der Waals surface area contributed by atoms with Crippen molar-refractivity contribution in [3.8, 4) is 0 Å². The number of likely N-dealkylation sites (N-methyl/N-ethyl adjacent to an activating group) is 1. The van der Waals surface area contributed by atoms with Gasteiger partial charge in [0.2, 0.25) is 5.91 Å². The van der Waals surface area contributed by atoms with Gasteiger partial charge in [-0.25, -0.2) is 4.79 Å². The zero-order valence-electron chi connectivity index (χ0n) is 12.3. The SMILES string of the molecule is CC(C)NC(=O)CN(C)C(=O)N1CCC(C(=O)O)CC1. The van der Waals surface area contributed by atoms with Gasteiger partial charge in [-0.05, 0) is 26.7 Å². The van der Waals surface area contributed by atoms with E-state index in [4.69, 9.17) is 5.11 Å². The highest BCUT2D eigenvalue weighted by molar-refractivity contribution is 5.84. The molecule has 0 aromatic rings. The van der Waals surface area contributed by atoms with Crippen LogP contribution in [0.4, 0.5) is 4.79 Å². The monoisotopic (exact) mass is 285 g/mol. The van der Waals surface area contributed by atoms with Crippen LogP contribution in [0.15, 0.2) is 0 Å². The van der Waals surface area contributed by atoms with Crippen molar-refractivity contribution in [3.05, 3.63) is 0 Å². The van der Waals surface area contributed by atoms with Crippen molar-refractivity contribution in [2.45, 2.75) is 32.7 Å². The Morgan fingerprint density at radius 3 is 2.30 bits per heavy atom. The summed E-state index contributed by atoms with van der Waals surface area (Å²) in [6.07, 6.45) is 0.931. The average molecular weight is 285 g/mol. The largest absolute Gasteiger partial charge is 0.481 e. The Balaban J connectivity index is 2.42. The molecular weight excluding hydrogens is 262 g/mol. The fourth-order valence-electron chi connectivity index (χ4n) is 2.21. The van der Waals surface area contributed by atoms with E-state index in [0.29, 0.717) is 25.9 Å². The van der Waals surface area contributed by atoms with Gasteiger partial charge in [-0.2, -0.15) is 0 Å². The second-order valence-electron chi connectivity index (χ2n) is 5.46. The molecule has 2 N–H and O–H groups in total. The molecule has 1 heterocycles. The maximum Gasteiger partial charge on any atom is 0.320 e. The van der Waals surface area contributed by atoms with Crippen LogP contribution in [0.5, 0.6) is 0 Å². The zero-order valence-corrected chi connectivity index (χ0v) is 12.3. The van der Waals surface area contributed by atoms with Crippen molar-refractivity contribution in [1.29, 1.82) is 0 Å². The normalized spacial score (nSPS) is 16.1. The van der Waals surface area contributed by atoms with Crippen LogP contribution in [0.2, 0.25) is 0 Å². The van der Waals surface area contributed by atoms with Crippen LogP contribution < -0.4 is 5.32 Å². The molecule has 0 bridgehead atoms. The third-order valence-corrected chi connectivity index (χ3v) is 3.27. The highest BCUT2D eigenvalue weighted by Gasteiger charge is 2.28. The molecule has 0 aromatic carbocycles. The average Bonchev–Trinajstić information content (AvgIpc) is 2.36. The summed E-state index contributed by atoms with van der Waals surface area (Å²) in [5.74, 6) is -1.37. The van der Waals surface area contributed by atoms with Crippen molar-refractivity contribution in [2.24, 2.45) is 5.92 Å². The van der Waals surface area contributed by atoms with Crippen LogP contribution in [-0.2, 0) is 9.59 Å². The summed E-state index contributed by atoms with van der Waals surface area (Å²) >= 11 is 0. The van der Waals surface area contributed by atoms with Crippen molar-refractivity contribution in [2.75, 3.05) is 26.7 Å². The van der Waals surface area contributed by atoms with Gasteiger partial charge in [0.25, 0.3) is 0 Å². The zero-order chi connectivity index (χ0) is 15.3. The van der Waals surface area contributed by atoms with Crippen LogP contribution in [0, 0.1) is 5.92 Å². The predicted molar refractivity (Wildman–Crippen MR) is 73.2 cm³/mol. The van der Waals surface area contributed by atoms with Crippen LogP contribution in [-0.4, -0.2) is 65.5 Å². The number of hydrogen-bond donors (Lipinski definition) is 2. The summed E-state index contributed by atoms with van der Waals surface area (Å²) in [4.78, 5) is 37.5. The molecule has 0 aromatic heterocycles. The Morgan fingerprint density at radius 1 is 1.30 bits per heavy atom. The number of aliphatic carboxylic acids is 1. The molecule has 114 valence electrons. The Labute approximate surface area is 118 Å². The molecule has 0 atom stereocenters. The van der Waals surface area contributed by atoms with E-state index in [0.717, 1.165) is 0 Å². The quantitative estimate of drug-likeness (QED) is 0.780. The number of likely N-dealkylation sites (tertiary alicyclic amines) is 1. The number of carbonyl (C=O) groups excluding carboxylic acids is 2. The molecule has 1 aliphatic heterocycles. The van der Waals surface area contributed by atoms with E-state index in [9.17, 15) is 14.4 Å². The molecule has 3 amide bonds. The molecule has 20 heavy (non-hydrogen) atoms. The summed E-state index contributed by atoms with van der Waals surface area (Å²) < 4.78 is 0. The van der Waals surface area contributed by atoms with Gasteiger partial charge < -0.3 is 20.2 Å². The molecule has 1 fully saturated rings. The van der Waals surface area contributed by atoms with Crippen molar-refractivity contribution >= 4 is 17.9 Å². The first kappa shape index (κ1) is 16.3. The number of rotatable bonds is 4. The minimum Gasteiger partial charge on any atom is -0.481 e. The molecule has 0 aliphatic carbocycles. The number of piperidine rings is 1. The first-order chi connectivity index (χ1) is 9.31. The molecule has 1 rings (SSSR count). The lowest BCUT2D eigenvalue weighted by atomic mass is 9.97. The van der Waals surface area contributed by atoms with Gasteiger partial charge in [0.15, 0.2) is 0 Å². The maximum atomic E-state index is 12.1. The van der Waals surface area contributed by atoms with Gasteiger partial charge in [0, 0.05) is 26.2 Å². The Bertz CT molecular complexity index is 376. The number of amides is 3. The van der Waals surface area contributed by atoms with Crippen LogP contribution in [0.25, 0.3) is 0 Å². The maximum absolute atomic E-state index is 12.1. The van der Waals surface area contributed by atoms with Crippen LogP contribution in [0.1, 0.15) is 26.7 Å². The van der Waals surface area contributed by atoms with E-state index in [2.05, 4.69) is 5.32 Å². The van der Waals surface area contributed by atoms with E-state index >= 15 is 0 Å². The number of carboxylic acids is 1. The lowest BCUT2D eigenvalue weighted by Crippen LogP contribution is -2.49. The molecule has 7 heteroatoms. The predicted octanol–water partition coefficient (Wildman–Crippen LogP) is 0.359. The molecule has 1 saturated heterocycles. The van der Waals surface area contributed by atoms with Gasteiger partial charge in [0.05, 0.1) is 5.92 Å². The highest BCUT2D eigenvalue weighted by atomic mass is 16.4. The van der Waals surface area contributed by atoms with Crippen molar-refractivity contribution < 1.29 is 19.5 Å². The van der Waals surface area contributed by atoms with E-state index in [-0.39, 0.29) is 30.4 Å². The third-order valence-electron chi connectivity index (χ3n) is 3.27. The molecule has 0 radical (unpaired) electrons. The number of hydrogen-bond acceptors (Lipinski definition) is 3. The summed E-state index contributed by atoms with van der Waals surface area (Å²) in [6.45, 7) is 4.57. The number of urea groups is 1. The minimum absolute atomic E-state index is 0.00979. The van der Waals surface area contributed by atoms with Crippen LogP contribution >= 0.6 is 0 Å². The lowest BCUT2D eigenvalue weighted by Gasteiger charge is -2.33. The summed E-state index contributed by atoms with van der Waals surface area (Å²) in [5, 5.41) is 11.6. The standard InChI is InChI=1S/C13H23N3O4/c1-9(2)14-11(17)8-15(3)13(20)16-6-4-10(5-7-16)12(18)19/h9-10H,4-8H2,1-3H3,(H,14,17)(H,18,19). The van der Waals surface area contributed by atoms with E-state index < -0.39 is 5.97 Å². The fourth-order valence-corrected chi connectivity index (χ4v) is 2.21. The second-order valence-corrected chi connectivity index (χ2v) is 5.46. The van der Waals surface area contributed by atoms with Gasteiger partial charge >= 0.3 is 12.0 Å². The molecule has 0 spiro atoms. The minimum atomic E-state index is -0.804.